The molecule has 0 saturated heterocycles. The number of carbonyl (C=O) groups excluding carboxylic acids is 1. The molecule has 0 spiro atoms. The number of unbranched alkanes of at least 4 members (excludes halogenated alkanes) is 1. The molecule has 174 valence electrons. The van der Waals surface area contributed by atoms with Crippen LogP contribution in [0.1, 0.15) is 41.4 Å². The van der Waals surface area contributed by atoms with Gasteiger partial charge in [-0.2, -0.15) is 0 Å². The number of amides is 1. The van der Waals surface area contributed by atoms with E-state index in [1.165, 1.54) is 18.3 Å². The van der Waals surface area contributed by atoms with Crippen molar-refractivity contribution in [1.29, 1.82) is 0 Å². The molecule has 0 unspecified atom stereocenters. The maximum atomic E-state index is 12.9. The first-order valence-electron chi connectivity index (χ1n) is 10.5. The van der Waals surface area contributed by atoms with Gasteiger partial charge in [0.25, 0.3) is 21.8 Å². The number of aryl methyl sites for hydroxylation is 1. The van der Waals surface area contributed by atoms with Crippen LogP contribution in [0.4, 0.5) is 5.82 Å². The lowest BCUT2D eigenvalue weighted by atomic mass is 10.2. The zero-order valence-corrected chi connectivity index (χ0v) is 19.7. The van der Waals surface area contributed by atoms with Gasteiger partial charge in [-0.05, 0) is 31.5 Å². The molecule has 2 aromatic heterocycles. The quantitative estimate of drug-likeness (QED) is 0.484. The number of ether oxygens (including phenoxy) is 1. The summed E-state index contributed by atoms with van der Waals surface area (Å²) in [6.45, 7) is 4.56. The van der Waals surface area contributed by atoms with Crippen molar-refractivity contribution in [2.24, 2.45) is 0 Å². The number of anilines is 1. The van der Waals surface area contributed by atoms with E-state index in [0.29, 0.717) is 6.54 Å². The Morgan fingerprint density at radius 2 is 1.91 bits per heavy atom. The first-order chi connectivity index (χ1) is 15.8. The zero-order valence-electron chi connectivity index (χ0n) is 18.9. The Bertz CT molecular complexity index is 1190. The van der Waals surface area contributed by atoms with Gasteiger partial charge in [-0.3, -0.25) is 14.5 Å². The van der Waals surface area contributed by atoms with E-state index in [2.05, 4.69) is 19.7 Å². The SMILES string of the molecule is CCCCN(C)C(=O)c1cnc(NS(=O)(=O)c2ccc(C)cc2)c(OCc2cccnc2)n1. The molecular formula is C23H27N5O4S. The Morgan fingerprint density at radius 1 is 1.15 bits per heavy atom. The number of hydrogen-bond acceptors (Lipinski definition) is 7. The summed E-state index contributed by atoms with van der Waals surface area (Å²) in [6, 6.07) is 9.98. The Kier molecular flexibility index (Phi) is 7.94. The second-order valence-corrected chi connectivity index (χ2v) is 9.24. The summed E-state index contributed by atoms with van der Waals surface area (Å²) in [6.07, 6.45) is 6.30. The van der Waals surface area contributed by atoms with E-state index in [4.69, 9.17) is 4.74 Å². The maximum Gasteiger partial charge on any atom is 0.273 e. The highest BCUT2D eigenvalue weighted by Crippen LogP contribution is 2.24. The molecule has 1 N–H and O–H groups in total. The highest BCUT2D eigenvalue weighted by atomic mass is 32.2. The van der Waals surface area contributed by atoms with Gasteiger partial charge in [0, 0.05) is 31.5 Å². The van der Waals surface area contributed by atoms with Crippen molar-refractivity contribution >= 4 is 21.7 Å². The fourth-order valence-electron chi connectivity index (χ4n) is 2.88. The molecule has 0 aliphatic carbocycles. The van der Waals surface area contributed by atoms with Gasteiger partial charge in [0.15, 0.2) is 5.69 Å². The minimum atomic E-state index is -3.94. The summed E-state index contributed by atoms with van der Waals surface area (Å²) >= 11 is 0. The zero-order chi connectivity index (χ0) is 23.8. The fraction of sp³-hybridized carbons (Fsp3) is 0.304. The maximum absolute atomic E-state index is 12.9. The standard InChI is InChI=1S/C23H27N5O4S/c1-4-5-13-28(3)23(29)20-15-25-21(22(26-20)32-16-18-7-6-12-24-14-18)27-33(30,31)19-10-8-17(2)9-11-19/h6-12,14-15H,4-5,13,16H2,1-3H3,(H,25,27). The number of sulfonamides is 1. The van der Waals surface area contributed by atoms with Crippen molar-refractivity contribution < 1.29 is 17.9 Å². The van der Waals surface area contributed by atoms with Crippen LogP contribution in [0.3, 0.4) is 0 Å². The van der Waals surface area contributed by atoms with Crippen molar-refractivity contribution in [1.82, 2.24) is 19.9 Å². The third kappa shape index (κ3) is 6.48. The molecule has 0 aliphatic heterocycles. The van der Waals surface area contributed by atoms with Crippen LogP contribution >= 0.6 is 0 Å². The van der Waals surface area contributed by atoms with Crippen molar-refractivity contribution in [2.45, 2.75) is 38.2 Å². The van der Waals surface area contributed by atoms with Crippen LogP contribution in [-0.4, -0.2) is 47.8 Å². The van der Waals surface area contributed by atoms with Crippen LogP contribution in [-0.2, 0) is 16.6 Å². The average Bonchev–Trinajstić information content (AvgIpc) is 2.82. The smallest absolute Gasteiger partial charge is 0.273 e. The van der Waals surface area contributed by atoms with Gasteiger partial charge < -0.3 is 9.64 Å². The summed E-state index contributed by atoms with van der Waals surface area (Å²) < 4.78 is 33.9. The van der Waals surface area contributed by atoms with E-state index in [0.717, 1.165) is 24.0 Å². The number of hydrogen-bond donors (Lipinski definition) is 1. The summed E-state index contributed by atoms with van der Waals surface area (Å²) in [5, 5.41) is 0. The van der Waals surface area contributed by atoms with E-state index in [1.54, 1.807) is 42.5 Å². The predicted octanol–water partition coefficient (Wildman–Crippen LogP) is 3.43. The Labute approximate surface area is 193 Å². The number of aromatic nitrogens is 3. The number of pyridine rings is 1. The van der Waals surface area contributed by atoms with Gasteiger partial charge in [0.2, 0.25) is 5.82 Å². The minimum Gasteiger partial charge on any atom is -0.470 e. The van der Waals surface area contributed by atoms with E-state index in [9.17, 15) is 13.2 Å². The molecule has 33 heavy (non-hydrogen) atoms. The average molecular weight is 470 g/mol. The van der Waals surface area contributed by atoms with Crippen molar-refractivity contribution in [3.8, 4) is 5.88 Å². The molecule has 0 saturated carbocycles. The van der Waals surface area contributed by atoms with E-state index >= 15 is 0 Å². The molecule has 3 rings (SSSR count). The molecule has 9 nitrogen and oxygen atoms in total. The lowest BCUT2D eigenvalue weighted by molar-refractivity contribution is 0.0785. The topological polar surface area (TPSA) is 114 Å². The Morgan fingerprint density at radius 3 is 2.58 bits per heavy atom. The molecule has 1 amide bonds. The van der Waals surface area contributed by atoms with Crippen LogP contribution in [0.25, 0.3) is 0 Å². The van der Waals surface area contributed by atoms with E-state index in [-0.39, 0.29) is 34.8 Å². The number of carbonyl (C=O) groups is 1. The largest absolute Gasteiger partial charge is 0.470 e. The molecule has 2 heterocycles. The summed E-state index contributed by atoms with van der Waals surface area (Å²) in [5.74, 6) is -0.522. The molecule has 0 aliphatic rings. The summed E-state index contributed by atoms with van der Waals surface area (Å²) in [4.78, 5) is 26.9. The molecule has 0 radical (unpaired) electrons. The third-order valence-corrected chi connectivity index (χ3v) is 6.17. The first-order valence-corrected chi connectivity index (χ1v) is 12.0. The number of nitrogens with one attached hydrogen (secondary N) is 1. The van der Waals surface area contributed by atoms with E-state index in [1.807, 2.05) is 19.9 Å². The fourth-order valence-corrected chi connectivity index (χ4v) is 3.88. The highest BCUT2D eigenvalue weighted by Gasteiger charge is 2.22. The van der Waals surface area contributed by atoms with Crippen LogP contribution in [0.2, 0.25) is 0 Å². The molecular weight excluding hydrogens is 442 g/mol. The van der Waals surface area contributed by atoms with Crippen LogP contribution in [0.15, 0.2) is 59.9 Å². The first kappa shape index (κ1) is 24.1. The number of nitrogens with zero attached hydrogens (tertiary/aromatic N) is 4. The monoisotopic (exact) mass is 469 g/mol. The van der Waals surface area contributed by atoms with Gasteiger partial charge in [-0.25, -0.2) is 18.4 Å². The van der Waals surface area contributed by atoms with Gasteiger partial charge in [-0.15, -0.1) is 0 Å². The third-order valence-electron chi connectivity index (χ3n) is 4.81. The number of rotatable bonds is 10. The highest BCUT2D eigenvalue weighted by molar-refractivity contribution is 7.92. The lowest BCUT2D eigenvalue weighted by Crippen LogP contribution is -2.29. The van der Waals surface area contributed by atoms with Gasteiger partial charge in [0.1, 0.15) is 6.61 Å². The molecule has 10 heteroatoms. The van der Waals surface area contributed by atoms with Crippen LogP contribution in [0.5, 0.6) is 5.88 Å². The van der Waals surface area contributed by atoms with E-state index < -0.39 is 10.0 Å². The summed E-state index contributed by atoms with van der Waals surface area (Å²) in [7, 11) is -2.25. The van der Waals surface area contributed by atoms with Crippen LogP contribution < -0.4 is 9.46 Å². The molecule has 0 fully saturated rings. The van der Waals surface area contributed by atoms with Crippen molar-refractivity contribution in [3.05, 3.63) is 71.8 Å². The van der Waals surface area contributed by atoms with Crippen molar-refractivity contribution in [3.63, 3.8) is 0 Å². The summed E-state index contributed by atoms with van der Waals surface area (Å²) in [5.41, 5.74) is 1.75. The van der Waals surface area contributed by atoms with Gasteiger partial charge in [-0.1, -0.05) is 37.1 Å². The Balaban J connectivity index is 1.90. The second-order valence-electron chi connectivity index (χ2n) is 7.56. The Hall–Kier alpha value is -3.53. The molecule has 1 aromatic carbocycles. The molecule has 0 bridgehead atoms. The molecule has 0 atom stereocenters. The van der Waals surface area contributed by atoms with Gasteiger partial charge in [0.05, 0.1) is 11.1 Å². The minimum absolute atomic E-state index is 0.0630. The van der Waals surface area contributed by atoms with Gasteiger partial charge >= 0.3 is 0 Å². The molecule has 3 aromatic rings. The van der Waals surface area contributed by atoms with Crippen LogP contribution in [0, 0.1) is 6.92 Å². The van der Waals surface area contributed by atoms with Crippen molar-refractivity contribution in [2.75, 3.05) is 18.3 Å². The predicted molar refractivity (Wildman–Crippen MR) is 124 cm³/mol. The normalized spacial score (nSPS) is 11.1. The number of benzene rings is 1. The second kappa shape index (κ2) is 10.9. The lowest BCUT2D eigenvalue weighted by Gasteiger charge is -2.17.